The van der Waals surface area contributed by atoms with Gasteiger partial charge in [0.1, 0.15) is 0 Å². The van der Waals surface area contributed by atoms with Gasteiger partial charge in [-0.1, -0.05) is 24.3 Å². The Labute approximate surface area is 120 Å². The van der Waals surface area contributed by atoms with Crippen LogP contribution in [0.2, 0.25) is 0 Å². The standard InChI is InChI=1S/C17H23NO2/c1-2-4-14-10-16(9-13(14)3-1)18-15-5-7-20-17(11-15)6-8-19-12-17/h1-4,15-16,18H,5-12H2. The van der Waals surface area contributed by atoms with Crippen molar-refractivity contribution in [2.75, 3.05) is 19.8 Å². The molecule has 2 saturated heterocycles. The molecule has 2 atom stereocenters. The van der Waals surface area contributed by atoms with Gasteiger partial charge >= 0.3 is 0 Å². The lowest BCUT2D eigenvalue weighted by Gasteiger charge is -2.38. The van der Waals surface area contributed by atoms with Crippen molar-refractivity contribution in [1.82, 2.24) is 5.32 Å². The molecule has 3 aliphatic rings. The van der Waals surface area contributed by atoms with Crippen LogP contribution in [-0.2, 0) is 22.3 Å². The number of nitrogens with one attached hydrogen (secondary N) is 1. The molecule has 0 bridgehead atoms. The van der Waals surface area contributed by atoms with E-state index >= 15 is 0 Å². The summed E-state index contributed by atoms with van der Waals surface area (Å²) < 4.78 is 11.6. The molecule has 2 fully saturated rings. The highest BCUT2D eigenvalue weighted by atomic mass is 16.6. The van der Waals surface area contributed by atoms with Crippen LogP contribution in [0.3, 0.4) is 0 Å². The van der Waals surface area contributed by atoms with Gasteiger partial charge in [0.15, 0.2) is 0 Å². The minimum absolute atomic E-state index is 0.0153. The lowest BCUT2D eigenvalue weighted by atomic mass is 9.89. The molecule has 0 aromatic heterocycles. The predicted molar refractivity (Wildman–Crippen MR) is 77.9 cm³/mol. The first-order valence-electron chi connectivity index (χ1n) is 7.88. The number of benzene rings is 1. The largest absolute Gasteiger partial charge is 0.378 e. The van der Waals surface area contributed by atoms with Gasteiger partial charge in [-0.2, -0.15) is 0 Å². The van der Waals surface area contributed by atoms with Crippen LogP contribution in [0.25, 0.3) is 0 Å². The molecule has 1 aromatic rings. The van der Waals surface area contributed by atoms with Crippen LogP contribution in [0.5, 0.6) is 0 Å². The smallest absolute Gasteiger partial charge is 0.0951 e. The predicted octanol–water partition coefficient (Wildman–Crippen LogP) is 2.08. The van der Waals surface area contributed by atoms with Gasteiger partial charge in [0.05, 0.1) is 12.2 Å². The fourth-order valence-electron chi connectivity index (χ4n) is 4.04. The van der Waals surface area contributed by atoms with E-state index in [4.69, 9.17) is 9.47 Å². The average Bonchev–Trinajstić information content (AvgIpc) is 3.05. The van der Waals surface area contributed by atoms with E-state index in [-0.39, 0.29) is 5.60 Å². The minimum Gasteiger partial charge on any atom is -0.378 e. The first-order valence-corrected chi connectivity index (χ1v) is 7.88. The lowest BCUT2D eigenvalue weighted by Crippen LogP contribution is -2.50. The molecule has 3 heteroatoms. The number of fused-ring (bicyclic) bond motifs is 1. The summed E-state index contributed by atoms with van der Waals surface area (Å²) in [6.45, 7) is 2.53. The van der Waals surface area contributed by atoms with Crippen LogP contribution >= 0.6 is 0 Å². The molecule has 108 valence electrons. The van der Waals surface area contributed by atoms with Crippen LogP contribution in [0.1, 0.15) is 30.4 Å². The van der Waals surface area contributed by atoms with Crippen molar-refractivity contribution in [3.05, 3.63) is 35.4 Å². The van der Waals surface area contributed by atoms with E-state index in [0.717, 1.165) is 39.1 Å². The zero-order chi connectivity index (χ0) is 13.4. The van der Waals surface area contributed by atoms with Crippen molar-refractivity contribution in [3.63, 3.8) is 0 Å². The zero-order valence-corrected chi connectivity index (χ0v) is 11.9. The van der Waals surface area contributed by atoms with Gasteiger partial charge < -0.3 is 14.8 Å². The van der Waals surface area contributed by atoms with Crippen LogP contribution in [-0.4, -0.2) is 37.5 Å². The molecule has 2 heterocycles. The highest BCUT2D eigenvalue weighted by Gasteiger charge is 2.41. The molecule has 1 aromatic carbocycles. The van der Waals surface area contributed by atoms with Crippen LogP contribution < -0.4 is 5.32 Å². The zero-order valence-electron chi connectivity index (χ0n) is 11.9. The van der Waals surface area contributed by atoms with E-state index in [0.29, 0.717) is 12.1 Å². The van der Waals surface area contributed by atoms with E-state index in [2.05, 4.69) is 29.6 Å². The summed E-state index contributed by atoms with van der Waals surface area (Å²) in [6.07, 6.45) is 5.67. The monoisotopic (exact) mass is 273 g/mol. The highest BCUT2D eigenvalue weighted by Crippen LogP contribution is 2.33. The Morgan fingerprint density at radius 2 is 1.85 bits per heavy atom. The third-order valence-electron chi connectivity index (χ3n) is 5.08. The van der Waals surface area contributed by atoms with Gasteiger partial charge in [0, 0.05) is 31.7 Å². The van der Waals surface area contributed by atoms with Crippen molar-refractivity contribution in [1.29, 1.82) is 0 Å². The molecule has 0 saturated carbocycles. The van der Waals surface area contributed by atoms with E-state index in [1.165, 1.54) is 24.0 Å². The summed E-state index contributed by atoms with van der Waals surface area (Å²) >= 11 is 0. The summed E-state index contributed by atoms with van der Waals surface area (Å²) in [5.41, 5.74) is 3.06. The third-order valence-corrected chi connectivity index (χ3v) is 5.08. The van der Waals surface area contributed by atoms with Crippen molar-refractivity contribution < 1.29 is 9.47 Å². The van der Waals surface area contributed by atoms with Gasteiger partial charge in [0.2, 0.25) is 0 Å². The summed E-state index contributed by atoms with van der Waals surface area (Å²) in [5, 5.41) is 3.88. The van der Waals surface area contributed by atoms with Crippen molar-refractivity contribution in [2.24, 2.45) is 0 Å². The normalized spacial score (nSPS) is 33.7. The van der Waals surface area contributed by atoms with Crippen LogP contribution in [0.4, 0.5) is 0 Å². The number of hydrogen-bond acceptors (Lipinski definition) is 3. The lowest BCUT2D eigenvalue weighted by molar-refractivity contribution is -0.0902. The quantitative estimate of drug-likeness (QED) is 0.895. The van der Waals surface area contributed by atoms with Gasteiger partial charge in [-0.05, 0) is 36.8 Å². The summed E-state index contributed by atoms with van der Waals surface area (Å²) in [6, 6.07) is 10.0. The molecule has 3 nitrogen and oxygen atoms in total. The first-order chi connectivity index (χ1) is 9.83. The molecule has 1 N–H and O–H groups in total. The topological polar surface area (TPSA) is 30.5 Å². The molecular formula is C17H23NO2. The maximum absolute atomic E-state index is 6.02. The molecule has 0 amide bonds. The first kappa shape index (κ1) is 12.8. The third kappa shape index (κ3) is 2.39. The van der Waals surface area contributed by atoms with Crippen molar-refractivity contribution in [2.45, 2.75) is 49.8 Å². The fraction of sp³-hybridized carbons (Fsp3) is 0.647. The Morgan fingerprint density at radius 3 is 2.55 bits per heavy atom. The summed E-state index contributed by atoms with van der Waals surface area (Å²) in [5.74, 6) is 0. The minimum atomic E-state index is 0.0153. The summed E-state index contributed by atoms with van der Waals surface area (Å²) in [4.78, 5) is 0. The van der Waals surface area contributed by atoms with Crippen molar-refractivity contribution in [3.8, 4) is 0 Å². The second kappa shape index (κ2) is 5.14. The maximum Gasteiger partial charge on any atom is 0.0951 e. The molecule has 20 heavy (non-hydrogen) atoms. The molecule has 4 rings (SSSR count). The molecule has 2 aliphatic heterocycles. The maximum atomic E-state index is 6.02. The van der Waals surface area contributed by atoms with Gasteiger partial charge in [-0.3, -0.25) is 0 Å². The summed E-state index contributed by atoms with van der Waals surface area (Å²) in [7, 11) is 0. The Hall–Kier alpha value is -0.900. The SMILES string of the molecule is c1ccc2c(c1)CC(NC1CCOC3(CCOC3)C1)C2. The Morgan fingerprint density at radius 1 is 1.05 bits per heavy atom. The van der Waals surface area contributed by atoms with E-state index in [1.807, 2.05) is 0 Å². The number of ether oxygens (including phenoxy) is 2. The fourth-order valence-corrected chi connectivity index (χ4v) is 4.04. The molecule has 0 radical (unpaired) electrons. The highest BCUT2D eigenvalue weighted by molar-refractivity contribution is 5.33. The second-order valence-corrected chi connectivity index (χ2v) is 6.56. The van der Waals surface area contributed by atoms with Gasteiger partial charge in [-0.25, -0.2) is 0 Å². The average molecular weight is 273 g/mol. The molecule has 1 aliphatic carbocycles. The van der Waals surface area contributed by atoms with Gasteiger partial charge in [0.25, 0.3) is 0 Å². The Balaban J connectivity index is 1.38. The Bertz CT molecular complexity index is 457. The molecule has 2 unspecified atom stereocenters. The van der Waals surface area contributed by atoms with E-state index < -0.39 is 0 Å². The van der Waals surface area contributed by atoms with Gasteiger partial charge in [-0.15, -0.1) is 0 Å². The van der Waals surface area contributed by atoms with E-state index in [1.54, 1.807) is 0 Å². The van der Waals surface area contributed by atoms with Crippen LogP contribution in [0, 0.1) is 0 Å². The second-order valence-electron chi connectivity index (χ2n) is 6.56. The Kier molecular flexibility index (Phi) is 3.29. The number of rotatable bonds is 2. The van der Waals surface area contributed by atoms with Crippen LogP contribution in [0.15, 0.2) is 24.3 Å². The van der Waals surface area contributed by atoms with Crippen molar-refractivity contribution >= 4 is 0 Å². The van der Waals surface area contributed by atoms with E-state index in [9.17, 15) is 0 Å². The molecule has 1 spiro atoms. The number of hydrogen-bond donors (Lipinski definition) is 1. The molecular weight excluding hydrogens is 250 g/mol.